The first kappa shape index (κ1) is 8.37. The fraction of sp³-hybridized carbons (Fsp3) is 1.00. The van der Waals surface area contributed by atoms with Crippen molar-refractivity contribution in [1.82, 2.24) is 5.32 Å². The van der Waals surface area contributed by atoms with Gasteiger partial charge in [-0.1, -0.05) is 11.2 Å². The summed E-state index contributed by atoms with van der Waals surface area (Å²) in [6.45, 7) is 2.05. The molecule has 0 heterocycles. The summed E-state index contributed by atoms with van der Waals surface area (Å²) in [5.74, 6) is 1.73. The van der Waals surface area contributed by atoms with Crippen LogP contribution in [0.3, 0.4) is 0 Å². The van der Waals surface area contributed by atoms with Gasteiger partial charge in [0.2, 0.25) is 0 Å². The van der Waals surface area contributed by atoms with Gasteiger partial charge in [-0.15, -0.1) is 0 Å². The molecule has 1 aliphatic carbocycles. The minimum Gasteiger partial charge on any atom is -0.617 e. The second kappa shape index (κ2) is 4.21. The number of rotatable bonds is 5. The fourth-order valence-electron chi connectivity index (χ4n) is 0.844. The Bertz CT molecular complexity index is 89.6. The molecule has 10 heavy (non-hydrogen) atoms. The Labute approximate surface area is 65.6 Å². The van der Waals surface area contributed by atoms with Crippen molar-refractivity contribution in [3.05, 3.63) is 0 Å². The van der Waals surface area contributed by atoms with E-state index in [2.05, 4.69) is 5.32 Å². The van der Waals surface area contributed by atoms with Crippen molar-refractivity contribution in [2.24, 2.45) is 5.92 Å². The van der Waals surface area contributed by atoms with E-state index in [1.165, 1.54) is 12.8 Å². The Morgan fingerprint density at radius 1 is 1.60 bits per heavy atom. The molecule has 1 N–H and O–H groups in total. The smallest absolute Gasteiger partial charge is 0.117 e. The monoisotopic (exact) mass is 161 g/mol. The van der Waals surface area contributed by atoms with Crippen LogP contribution in [0.2, 0.25) is 0 Å². The van der Waals surface area contributed by atoms with Gasteiger partial charge in [0.25, 0.3) is 0 Å². The Morgan fingerprint density at radius 2 is 2.30 bits per heavy atom. The zero-order valence-corrected chi connectivity index (χ0v) is 7.25. The molecule has 0 saturated heterocycles. The van der Waals surface area contributed by atoms with Crippen molar-refractivity contribution in [2.75, 3.05) is 25.1 Å². The minimum absolute atomic E-state index is 0.622. The molecule has 0 aliphatic heterocycles. The summed E-state index contributed by atoms with van der Waals surface area (Å²) < 4.78 is 10.6. The minimum atomic E-state index is -0.622. The van der Waals surface area contributed by atoms with E-state index in [4.69, 9.17) is 0 Å². The van der Waals surface area contributed by atoms with Crippen molar-refractivity contribution >= 4 is 11.2 Å². The summed E-state index contributed by atoms with van der Waals surface area (Å²) in [6.07, 6.45) is 4.53. The third-order valence-corrected chi connectivity index (χ3v) is 2.48. The first-order chi connectivity index (χ1) is 4.79. The Morgan fingerprint density at radius 3 is 2.80 bits per heavy atom. The van der Waals surface area contributed by atoms with Crippen molar-refractivity contribution in [3.8, 4) is 0 Å². The van der Waals surface area contributed by atoms with Gasteiger partial charge in [0.05, 0.1) is 6.26 Å². The summed E-state index contributed by atoms with van der Waals surface area (Å²) >= 11 is -0.622. The number of hydrogen-bond acceptors (Lipinski definition) is 2. The van der Waals surface area contributed by atoms with E-state index in [0.29, 0.717) is 0 Å². The first-order valence-corrected chi connectivity index (χ1v) is 5.52. The second-order valence-electron chi connectivity index (χ2n) is 2.92. The maximum atomic E-state index is 10.6. The highest BCUT2D eigenvalue weighted by atomic mass is 32.2. The van der Waals surface area contributed by atoms with Crippen LogP contribution in [-0.4, -0.2) is 29.7 Å². The molecular weight excluding hydrogens is 146 g/mol. The molecule has 0 aromatic heterocycles. The van der Waals surface area contributed by atoms with Gasteiger partial charge in [0, 0.05) is 6.54 Å². The molecule has 3 heteroatoms. The normalized spacial score (nSPS) is 21.0. The van der Waals surface area contributed by atoms with Gasteiger partial charge in [-0.2, -0.15) is 0 Å². The molecule has 0 aromatic carbocycles. The molecule has 1 atom stereocenters. The van der Waals surface area contributed by atoms with Gasteiger partial charge >= 0.3 is 0 Å². The lowest BCUT2D eigenvalue weighted by Crippen LogP contribution is -2.24. The highest BCUT2D eigenvalue weighted by Crippen LogP contribution is 2.27. The van der Waals surface area contributed by atoms with E-state index >= 15 is 0 Å². The maximum absolute atomic E-state index is 10.6. The Balaban J connectivity index is 1.76. The maximum Gasteiger partial charge on any atom is 0.117 e. The van der Waals surface area contributed by atoms with Gasteiger partial charge in [-0.05, 0) is 25.3 Å². The average molecular weight is 161 g/mol. The molecule has 1 rings (SSSR count). The first-order valence-electron chi connectivity index (χ1n) is 3.80. The summed E-state index contributed by atoms with van der Waals surface area (Å²) in [6, 6.07) is 0. The van der Waals surface area contributed by atoms with E-state index in [1.807, 2.05) is 0 Å². The van der Waals surface area contributed by atoms with Gasteiger partial charge in [-0.25, -0.2) is 0 Å². The Kier molecular flexibility index (Phi) is 3.52. The van der Waals surface area contributed by atoms with Crippen LogP contribution in [0.5, 0.6) is 0 Å². The van der Waals surface area contributed by atoms with Crippen molar-refractivity contribution in [3.63, 3.8) is 0 Å². The van der Waals surface area contributed by atoms with Crippen molar-refractivity contribution in [1.29, 1.82) is 0 Å². The van der Waals surface area contributed by atoms with Gasteiger partial charge in [0.1, 0.15) is 5.75 Å². The highest BCUT2D eigenvalue weighted by Gasteiger charge is 2.20. The largest absolute Gasteiger partial charge is 0.617 e. The predicted molar refractivity (Wildman–Crippen MR) is 44.5 cm³/mol. The molecule has 2 nitrogen and oxygen atoms in total. The van der Waals surface area contributed by atoms with Gasteiger partial charge in [0.15, 0.2) is 0 Å². The summed E-state index contributed by atoms with van der Waals surface area (Å²) in [7, 11) is 0. The summed E-state index contributed by atoms with van der Waals surface area (Å²) in [5.41, 5.74) is 0. The van der Waals surface area contributed by atoms with Crippen LogP contribution >= 0.6 is 0 Å². The number of nitrogens with one attached hydrogen (secondary N) is 1. The molecule has 0 radical (unpaired) electrons. The molecule has 1 aliphatic rings. The second-order valence-corrected chi connectivity index (χ2v) is 4.48. The predicted octanol–water partition coefficient (Wildman–Crippen LogP) is 0.364. The van der Waals surface area contributed by atoms with Crippen LogP contribution in [0.1, 0.15) is 12.8 Å². The Hall–Kier alpha value is 0.270. The van der Waals surface area contributed by atoms with E-state index in [1.54, 1.807) is 6.26 Å². The molecular formula is C7H15NOS. The molecule has 1 saturated carbocycles. The van der Waals surface area contributed by atoms with Crippen LogP contribution in [0.4, 0.5) is 0 Å². The highest BCUT2D eigenvalue weighted by molar-refractivity contribution is 7.90. The van der Waals surface area contributed by atoms with Crippen LogP contribution in [0.15, 0.2) is 0 Å². The lowest BCUT2D eigenvalue weighted by atomic mass is 10.4. The molecule has 60 valence electrons. The number of hydrogen-bond donors (Lipinski definition) is 1. The van der Waals surface area contributed by atoms with Crippen molar-refractivity contribution in [2.45, 2.75) is 12.8 Å². The molecule has 0 bridgehead atoms. The van der Waals surface area contributed by atoms with E-state index in [9.17, 15) is 4.55 Å². The van der Waals surface area contributed by atoms with Gasteiger partial charge in [-0.3, -0.25) is 0 Å². The quantitative estimate of drug-likeness (QED) is 0.467. The summed E-state index contributed by atoms with van der Waals surface area (Å²) in [5, 5.41) is 3.29. The molecule has 0 amide bonds. The van der Waals surface area contributed by atoms with E-state index in [-0.39, 0.29) is 0 Å². The van der Waals surface area contributed by atoms with E-state index < -0.39 is 11.2 Å². The fourth-order valence-corrected chi connectivity index (χ4v) is 1.28. The average Bonchev–Trinajstić information content (AvgIpc) is 2.62. The molecule has 0 spiro atoms. The van der Waals surface area contributed by atoms with Crippen LogP contribution in [0, 0.1) is 5.92 Å². The zero-order valence-electron chi connectivity index (χ0n) is 6.43. The third-order valence-electron chi connectivity index (χ3n) is 1.70. The van der Waals surface area contributed by atoms with Crippen LogP contribution in [-0.2, 0) is 11.2 Å². The SMILES string of the molecule is C[S+]([O-])CCNCC1CC1. The van der Waals surface area contributed by atoms with Gasteiger partial charge < -0.3 is 9.87 Å². The van der Waals surface area contributed by atoms with Crippen LogP contribution < -0.4 is 5.32 Å². The summed E-state index contributed by atoms with van der Waals surface area (Å²) in [4.78, 5) is 0. The third kappa shape index (κ3) is 4.14. The van der Waals surface area contributed by atoms with Crippen molar-refractivity contribution < 1.29 is 4.55 Å². The topological polar surface area (TPSA) is 35.1 Å². The lowest BCUT2D eigenvalue weighted by Gasteiger charge is -2.05. The zero-order chi connectivity index (χ0) is 7.40. The van der Waals surface area contributed by atoms with Crippen LogP contribution in [0.25, 0.3) is 0 Å². The lowest BCUT2D eigenvalue weighted by molar-refractivity contribution is 0.592. The molecule has 0 aromatic rings. The standard InChI is InChI=1S/C7H15NOS/c1-10(9)5-4-8-6-7-2-3-7/h7-8H,2-6H2,1H3. The molecule has 1 unspecified atom stereocenters. The van der Waals surface area contributed by atoms with E-state index in [0.717, 1.165) is 24.8 Å². The molecule has 1 fully saturated rings.